The van der Waals surface area contributed by atoms with E-state index in [1.165, 1.54) is 27.8 Å². The molecule has 628 valence electrons. The number of imide groups is 2. The molecule has 11 aromatic carbocycles. The first kappa shape index (κ1) is 85.8. The maximum atomic E-state index is 13.3. The molecule has 0 radical (unpaired) electrons. The summed E-state index contributed by atoms with van der Waals surface area (Å²) >= 11 is 0.750. The van der Waals surface area contributed by atoms with Crippen molar-refractivity contribution in [2.75, 3.05) is 14.7 Å². The fourth-order valence-electron chi connectivity index (χ4n) is 16.9. The second-order valence-corrected chi connectivity index (χ2v) is 34.3. The molecule has 19 heteroatoms. The molecule has 18 nitrogen and oxygen atoms in total. The van der Waals surface area contributed by atoms with Gasteiger partial charge in [-0.25, -0.2) is 14.8 Å². The van der Waals surface area contributed by atoms with Gasteiger partial charge in [0.25, 0.3) is 23.6 Å². The number of allylic oxidation sites excluding steroid dienone is 15. The van der Waals surface area contributed by atoms with Crippen LogP contribution in [-0.2, 0) is 33.3 Å². The van der Waals surface area contributed by atoms with Crippen LogP contribution < -0.4 is 24.7 Å². The fourth-order valence-corrected chi connectivity index (χ4v) is 16.9. The number of ketones is 2. The predicted molar refractivity (Wildman–Crippen MR) is 507 cm³/mol. The van der Waals surface area contributed by atoms with Crippen molar-refractivity contribution in [3.63, 3.8) is 0 Å². The SMILES string of the molecule is C1=CC2c3nc(nc4[n-]c(nc5nc(nc6[n-]c(n3)c3ccccc63)-c3ccccc3-5)c3ccccc43)C2C=C1.CC(C)=CN(c1ccccc1)c1ccc(C=C(c2ccccc2)c2ccccc2)cc1.CC1=CC(=C2C=C(C(C)(C)C)C(=O)C(C(C)(C)C)=C2)C=C(C)C1=O.O=C1c2ccc3c4c(ccc(c24)C(=O)N1c1ccccc1)C(=O)N(c1ccccc1)C3=O.[O]=[Ti+2]. The zero-order chi connectivity index (χ0) is 90.1. The number of nitrogens with zero attached hydrogens (tertiary/aromatic N) is 11. The van der Waals surface area contributed by atoms with E-state index in [2.05, 4.69) is 194 Å². The molecule has 0 saturated carbocycles. The van der Waals surface area contributed by atoms with Crippen molar-refractivity contribution in [1.29, 1.82) is 0 Å². The van der Waals surface area contributed by atoms with Crippen LogP contribution in [-0.4, -0.2) is 65.1 Å². The second-order valence-electron chi connectivity index (χ2n) is 34.3. The van der Waals surface area contributed by atoms with Crippen molar-refractivity contribution in [1.82, 2.24) is 39.9 Å². The Morgan fingerprint density at radius 2 is 0.713 bits per heavy atom. The summed E-state index contributed by atoms with van der Waals surface area (Å²) in [6.45, 7) is 20.3. The minimum atomic E-state index is -0.484. The van der Waals surface area contributed by atoms with Crippen molar-refractivity contribution in [3.8, 4) is 22.8 Å². The van der Waals surface area contributed by atoms with E-state index in [-0.39, 0.29) is 56.5 Å². The Balaban J connectivity index is 0.000000122. The molecular weight excluding hydrogens is 1640 g/mol. The Morgan fingerprint density at radius 1 is 0.372 bits per heavy atom. The quantitative estimate of drug-likeness (QED) is 0.0781. The van der Waals surface area contributed by atoms with Crippen molar-refractivity contribution in [2.24, 2.45) is 10.8 Å². The molecule has 2 unspecified atom stereocenters. The molecule has 4 amide bonds. The summed E-state index contributed by atoms with van der Waals surface area (Å²) in [6, 6.07) is 88.0. The maximum absolute atomic E-state index is 13.3. The van der Waals surface area contributed by atoms with Crippen LogP contribution in [0.25, 0.3) is 89.3 Å². The number of aromatic nitrogens is 8. The molecule has 129 heavy (non-hydrogen) atoms. The first-order valence-electron chi connectivity index (χ1n) is 42.5. The predicted octanol–water partition coefficient (Wildman–Crippen LogP) is 23.7. The van der Waals surface area contributed by atoms with E-state index in [4.69, 9.17) is 43.2 Å². The molecule has 4 aliphatic heterocycles. The average Bonchev–Trinajstić information content (AvgIpc) is 1.55. The summed E-state index contributed by atoms with van der Waals surface area (Å²) in [5.41, 5.74) is 19.3. The van der Waals surface area contributed by atoms with E-state index in [1.54, 1.807) is 84.9 Å². The molecule has 8 bridgehead atoms. The average molecular weight is 1720 g/mol. The van der Waals surface area contributed by atoms with Gasteiger partial charge in [0.1, 0.15) is 0 Å². The van der Waals surface area contributed by atoms with Gasteiger partial charge in [-0.15, -0.1) is 0 Å². The molecule has 3 aromatic heterocycles. The molecular formula is C110H87N11O7Ti. The summed E-state index contributed by atoms with van der Waals surface area (Å²) in [6.07, 6.45) is 20.6. The normalized spacial score (nSPS) is 15.3. The summed E-state index contributed by atoms with van der Waals surface area (Å²) in [5.74, 6) is 0.678. The first-order valence-corrected chi connectivity index (χ1v) is 43.1. The molecule has 0 spiro atoms. The molecule has 2 atom stereocenters. The van der Waals surface area contributed by atoms with Gasteiger partial charge >= 0.3 is 23.7 Å². The number of fused-ring (bicyclic) bond motifs is 20. The zero-order valence-corrected chi connectivity index (χ0v) is 74.2. The van der Waals surface area contributed by atoms with Crippen LogP contribution in [0, 0.1) is 10.8 Å². The number of amides is 4. The van der Waals surface area contributed by atoms with Crippen molar-refractivity contribution >= 4 is 124 Å². The third kappa shape index (κ3) is 17.0. The van der Waals surface area contributed by atoms with E-state index >= 15 is 0 Å². The Hall–Kier alpha value is -15.4. The van der Waals surface area contributed by atoms with E-state index in [0.717, 1.165) is 108 Å². The van der Waals surface area contributed by atoms with Crippen LogP contribution in [0.5, 0.6) is 0 Å². The molecule has 0 N–H and O–H groups in total. The van der Waals surface area contributed by atoms with Gasteiger partial charge in [0.2, 0.25) is 0 Å². The van der Waals surface area contributed by atoms with Gasteiger partial charge in [0, 0.05) is 107 Å². The topological polar surface area (TPSA) is 235 Å². The van der Waals surface area contributed by atoms with Gasteiger partial charge in [-0.1, -0.05) is 272 Å². The fraction of sp³-hybridized carbons (Fsp3) is 0.127. The summed E-state index contributed by atoms with van der Waals surface area (Å²) in [7, 11) is 0. The molecule has 7 heterocycles. The minimum absolute atomic E-state index is 0.0384. The number of hydrogen-bond acceptors (Lipinski definition) is 14. The molecule has 21 rings (SSSR count). The van der Waals surface area contributed by atoms with E-state index in [9.17, 15) is 28.8 Å². The molecule has 14 aromatic rings. The van der Waals surface area contributed by atoms with E-state index in [0.29, 0.717) is 68.0 Å². The Bertz CT molecular complexity index is 6970. The summed E-state index contributed by atoms with van der Waals surface area (Å²) in [5, 5.41) is 4.37. The van der Waals surface area contributed by atoms with Crippen LogP contribution in [0.2, 0.25) is 0 Å². The Kier molecular flexibility index (Phi) is 23.9. The van der Waals surface area contributed by atoms with Crippen LogP contribution in [0.3, 0.4) is 0 Å². The number of Topliss-reactive ketones (excluding diaryl/α,β-unsaturated/α-hetero) is 2. The van der Waals surface area contributed by atoms with E-state index in [1.807, 2.05) is 129 Å². The molecule has 0 fully saturated rings. The molecule has 3 aliphatic carbocycles. The summed E-state index contributed by atoms with van der Waals surface area (Å²) < 4.78 is 8.25. The van der Waals surface area contributed by atoms with Crippen LogP contribution >= 0.6 is 0 Å². The number of benzene rings is 11. The Morgan fingerprint density at radius 3 is 1.09 bits per heavy atom. The van der Waals surface area contributed by atoms with Crippen LogP contribution in [0.15, 0.2) is 367 Å². The van der Waals surface area contributed by atoms with Crippen LogP contribution in [0.4, 0.5) is 22.7 Å². The zero-order valence-electron chi connectivity index (χ0n) is 72.7. The van der Waals surface area contributed by atoms with Crippen molar-refractivity contribution < 1.29 is 52.5 Å². The first-order chi connectivity index (χ1) is 62.4. The van der Waals surface area contributed by atoms with Gasteiger partial charge in [-0.3, -0.25) is 33.8 Å². The molecule has 0 saturated heterocycles. The third-order valence-electron chi connectivity index (χ3n) is 23.2. The standard InChI is InChI=1S/C32H18N8.C30H27N.C26H14N2O4.C22H28O2.O.Ti/c1-2-10-18-17(9-1)25-33-26(18)38-28-21-13-5-6-14-22(21)30(35-28)40-32-24-16-8-7-15-23(24)31(36-32)39-29-20-12-4-3-11-19(20)27(34-29)37-25;1-24(2)23-31(28-16-10-5-11-17-28)29-20-18-25(19-21-29)22-30(26-12-6-3-7-13-26)27-14-8-4-9-15-27;29-23-17-11-13-19-22-20(26(32)28(25(19)31)16-9-5-2-6-10-16)14-12-18(21(17)22)24(30)27(23)15-7-3-1-4-8-15;1-13-9-15(10-14(2)19(13)23)16-11-17(21(3,4)5)20(24)18(12-16)22(6,7)8;;/h1-18H;3-23H,1-2H3;1-14H;9-12H,1-8H3;;/q-2;;;;;+2. The number of anilines is 4. The van der Waals surface area contributed by atoms with Gasteiger partial charge in [0.05, 0.1) is 34.7 Å². The number of rotatable bonds is 8. The number of para-hydroxylation sites is 3. The monoisotopic (exact) mass is 1720 g/mol. The van der Waals surface area contributed by atoms with Gasteiger partial charge in [-0.2, -0.15) is 0 Å². The third-order valence-corrected chi connectivity index (χ3v) is 23.2. The Labute approximate surface area is 758 Å². The van der Waals surface area contributed by atoms with Crippen LogP contribution in [0.1, 0.15) is 151 Å². The number of hydrogen-bond donors (Lipinski definition) is 0. The number of carbonyl (C=O) groups is 6. The van der Waals surface area contributed by atoms with Crippen molar-refractivity contribution in [3.05, 3.63) is 417 Å². The molecule has 7 aliphatic rings. The van der Waals surface area contributed by atoms with Gasteiger partial charge in [-0.05, 0) is 208 Å². The number of carbonyl (C=O) groups excluding carboxylic acids is 6. The second kappa shape index (κ2) is 35.9. The van der Waals surface area contributed by atoms with Gasteiger partial charge in [0.15, 0.2) is 11.6 Å². The summed E-state index contributed by atoms with van der Waals surface area (Å²) in [4.78, 5) is 122. The van der Waals surface area contributed by atoms with E-state index < -0.39 is 23.6 Å². The van der Waals surface area contributed by atoms with Crippen molar-refractivity contribution in [2.45, 2.75) is 81.1 Å². The van der Waals surface area contributed by atoms with Gasteiger partial charge < -0.3 is 34.8 Å².